The van der Waals surface area contributed by atoms with Crippen LogP contribution in [0, 0.1) is 11.3 Å². The molecular weight excluding hydrogens is 356 g/mol. The molecular formula is C22H26N2O4. The minimum atomic E-state index is 0.151. The van der Waals surface area contributed by atoms with Crippen molar-refractivity contribution >= 4 is 0 Å². The van der Waals surface area contributed by atoms with Crippen molar-refractivity contribution in [2.45, 2.75) is 32.4 Å². The van der Waals surface area contributed by atoms with E-state index in [2.05, 4.69) is 24.4 Å². The Hall–Kier alpha value is -2.91. The first-order valence-corrected chi connectivity index (χ1v) is 9.51. The van der Waals surface area contributed by atoms with Gasteiger partial charge in [-0.2, -0.15) is 5.26 Å². The van der Waals surface area contributed by atoms with Crippen molar-refractivity contribution in [2.24, 2.45) is 0 Å². The predicted molar refractivity (Wildman–Crippen MR) is 106 cm³/mol. The van der Waals surface area contributed by atoms with E-state index in [9.17, 15) is 0 Å². The fraction of sp³-hybridized carbons (Fsp3) is 0.409. The van der Waals surface area contributed by atoms with E-state index in [-0.39, 0.29) is 6.04 Å². The van der Waals surface area contributed by atoms with E-state index in [1.807, 2.05) is 30.3 Å². The van der Waals surface area contributed by atoms with Crippen LogP contribution in [0.3, 0.4) is 0 Å². The summed E-state index contributed by atoms with van der Waals surface area (Å²) < 4.78 is 22.4. The number of hydrogen-bond donors (Lipinski definition) is 1. The highest BCUT2D eigenvalue weighted by Crippen LogP contribution is 2.33. The molecule has 28 heavy (non-hydrogen) atoms. The first kappa shape index (κ1) is 19.8. The second kappa shape index (κ2) is 9.86. The van der Waals surface area contributed by atoms with Gasteiger partial charge in [0.15, 0.2) is 23.0 Å². The molecule has 0 saturated carbocycles. The lowest BCUT2D eigenvalue weighted by Crippen LogP contribution is -2.19. The quantitative estimate of drug-likeness (QED) is 0.661. The monoisotopic (exact) mass is 382 g/mol. The number of ether oxygens (including phenoxy) is 4. The molecule has 1 aliphatic rings. The zero-order valence-corrected chi connectivity index (χ0v) is 16.4. The van der Waals surface area contributed by atoms with E-state index in [1.165, 1.54) is 0 Å². The molecule has 0 aliphatic carbocycles. The molecule has 3 rings (SSSR count). The van der Waals surface area contributed by atoms with Crippen LogP contribution >= 0.6 is 0 Å². The topological polar surface area (TPSA) is 72.7 Å². The summed E-state index contributed by atoms with van der Waals surface area (Å²) in [4.78, 5) is 0. The normalized spacial score (nSPS) is 13.5. The maximum Gasteiger partial charge on any atom is 0.161 e. The fourth-order valence-electron chi connectivity index (χ4n) is 3.00. The van der Waals surface area contributed by atoms with Crippen LogP contribution in [0.2, 0.25) is 0 Å². The Labute approximate surface area is 166 Å². The summed E-state index contributed by atoms with van der Waals surface area (Å²) in [6.07, 6.45) is 1.18. The van der Waals surface area contributed by atoms with E-state index in [4.69, 9.17) is 24.2 Å². The van der Waals surface area contributed by atoms with Crippen LogP contribution in [-0.4, -0.2) is 26.9 Å². The Balaban J connectivity index is 1.61. The molecule has 0 saturated heterocycles. The predicted octanol–water partition coefficient (Wildman–Crippen LogP) is 4.00. The van der Waals surface area contributed by atoms with Gasteiger partial charge in [0.1, 0.15) is 13.2 Å². The molecule has 0 spiro atoms. The molecule has 0 amide bonds. The number of nitriles is 1. The third-order valence-electron chi connectivity index (χ3n) is 4.60. The van der Waals surface area contributed by atoms with Crippen LogP contribution in [0.1, 0.15) is 36.9 Å². The van der Waals surface area contributed by atoms with Gasteiger partial charge in [-0.1, -0.05) is 12.1 Å². The van der Waals surface area contributed by atoms with Gasteiger partial charge in [-0.25, -0.2) is 0 Å². The standard InChI is InChI=1S/C22H26N2O4/c1-16(18-6-8-20-22(14-18)28-12-11-27-20)24-15-17-5-7-19(25-2)21(13-17)26-10-4-3-9-23/h5-8,13-14,16,24H,3-4,10-12,15H2,1-2H3. The largest absolute Gasteiger partial charge is 0.493 e. The Kier molecular flexibility index (Phi) is 6.99. The zero-order chi connectivity index (χ0) is 19.8. The van der Waals surface area contributed by atoms with Gasteiger partial charge in [0.25, 0.3) is 0 Å². The van der Waals surface area contributed by atoms with Gasteiger partial charge in [-0.3, -0.25) is 0 Å². The SMILES string of the molecule is COc1ccc(CNC(C)c2ccc3c(c2)OCCO3)cc1OCCCC#N. The highest BCUT2D eigenvalue weighted by molar-refractivity contribution is 5.45. The van der Waals surface area contributed by atoms with Gasteiger partial charge >= 0.3 is 0 Å². The molecule has 148 valence electrons. The number of hydrogen-bond acceptors (Lipinski definition) is 6. The summed E-state index contributed by atoms with van der Waals surface area (Å²) >= 11 is 0. The highest BCUT2D eigenvalue weighted by Gasteiger charge is 2.14. The summed E-state index contributed by atoms with van der Waals surface area (Å²) in [7, 11) is 1.62. The first-order valence-electron chi connectivity index (χ1n) is 9.51. The summed E-state index contributed by atoms with van der Waals surface area (Å²) in [6, 6.07) is 14.2. The fourth-order valence-corrected chi connectivity index (χ4v) is 3.00. The Morgan fingerprint density at radius 3 is 2.71 bits per heavy atom. The van der Waals surface area contributed by atoms with Gasteiger partial charge in [0.05, 0.1) is 19.8 Å². The van der Waals surface area contributed by atoms with Gasteiger partial charge in [0.2, 0.25) is 0 Å². The smallest absolute Gasteiger partial charge is 0.161 e. The van der Waals surface area contributed by atoms with Gasteiger partial charge in [0, 0.05) is 19.0 Å². The first-order chi connectivity index (χ1) is 13.7. The highest BCUT2D eigenvalue weighted by atomic mass is 16.6. The summed E-state index contributed by atoms with van der Waals surface area (Å²) in [6.45, 7) is 4.48. The van der Waals surface area contributed by atoms with E-state index < -0.39 is 0 Å². The maximum absolute atomic E-state index is 8.64. The lowest BCUT2D eigenvalue weighted by atomic mass is 10.1. The molecule has 1 N–H and O–H groups in total. The molecule has 0 fully saturated rings. The number of nitrogens with one attached hydrogen (secondary N) is 1. The molecule has 0 aromatic heterocycles. The molecule has 2 aromatic carbocycles. The molecule has 1 unspecified atom stereocenters. The molecule has 6 heteroatoms. The van der Waals surface area contributed by atoms with Crippen molar-refractivity contribution in [2.75, 3.05) is 26.9 Å². The molecule has 0 bridgehead atoms. The maximum atomic E-state index is 8.64. The molecule has 0 radical (unpaired) electrons. The van der Waals surface area contributed by atoms with Crippen molar-refractivity contribution in [1.82, 2.24) is 5.32 Å². The van der Waals surface area contributed by atoms with Crippen molar-refractivity contribution in [3.8, 4) is 29.1 Å². The molecule has 1 heterocycles. The molecule has 1 atom stereocenters. The minimum Gasteiger partial charge on any atom is -0.493 e. The average Bonchev–Trinajstić information content (AvgIpc) is 2.74. The van der Waals surface area contributed by atoms with E-state index in [1.54, 1.807) is 7.11 Å². The van der Waals surface area contributed by atoms with E-state index in [0.29, 0.717) is 50.7 Å². The van der Waals surface area contributed by atoms with Gasteiger partial charge in [-0.05, 0) is 48.7 Å². The van der Waals surface area contributed by atoms with Crippen LogP contribution < -0.4 is 24.3 Å². The molecule has 1 aliphatic heterocycles. The molecule has 2 aromatic rings. The Bertz CT molecular complexity index is 832. The number of rotatable bonds is 9. The van der Waals surface area contributed by atoms with Crippen molar-refractivity contribution in [1.29, 1.82) is 5.26 Å². The average molecular weight is 382 g/mol. The van der Waals surface area contributed by atoms with Crippen molar-refractivity contribution < 1.29 is 18.9 Å². The second-order valence-electron chi connectivity index (χ2n) is 6.60. The van der Waals surface area contributed by atoms with Crippen LogP contribution in [0.25, 0.3) is 0 Å². The van der Waals surface area contributed by atoms with E-state index in [0.717, 1.165) is 22.6 Å². The van der Waals surface area contributed by atoms with Crippen LogP contribution in [0.15, 0.2) is 36.4 Å². The lowest BCUT2D eigenvalue weighted by Gasteiger charge is -2.21. The number of methoxy groups -OCH3 is 1. The van der Waals surface area contributed by atoms with Gasteiger partial charge in [-0.15, -0.1) is 0 Å². The van der Waals surface area contributed by atoms with Crippen LogP contribution in [0.4, 0.5) is 0 Å². The lowest BCUT2D eigenvalue weighted by molar-refractivity contribution is 0.171. The summed E-state index contributed by atoms with van der Waals surface area (Å²) in [5.41, 5.74) is 2.24. The summed E-state index contributed by atoms with van der Waals surface area (Å²) in [5, 5.41) is 12.2. The third kappa shape index (κ3) is 5.08. The zero-order valence-electron chi connectivity index (χ0n) is 16.4. The van der Waals surface area contributed by atoms with Gasteiger partial charge < -0.3 is 24.3 Å². The Morgan fingerprint density at radius 2 is 1.93 bits per heavy atom. The summed E-state index contributed by atoms with van der Waals surface area (Å²) in [5.74, 6) is 3.00. The Morgan fingerprint density at radius 1 is 1.11 bits per heavy atom. The van der Waals surface area contributed by atoms with Crippen molar-refractivity contribution in [3.63, 3.8) is 0 Å². The van der Waals surface area contributed by atoms with E-state index >= 15 is 0 Å². The number of benzene rings is 2. The number of fused-ring (bicyclic) bond motifs is 1. The minimum absolute atomic E-state index is 0.151. The third-order valence-corrected chi connectivity index (χ3v) is 4.60. The second-order valence-corrected chi connectivity index (χ2v) is 6.60. The van der Waals surface area contributed by atoms with Crippen LogP contribution in [0.5, 0.6) is 23.0 Å². The number of unbranched alkanes of at least 4 members (excludes halogenated alkanes) is 1. The number of nitrogens with zero attached hydrogens (tertiary/aromatic N) is 1. The molecule has 6 nitrogen and oxygen atoms in total. The van der Waals surface area contributed by atoms with Crippen molar-refractivity contribution in [3.05, 3.63) is 47.5 Å². The van der Waals surface area contributed by atoms with Crippen LogP contribution in [-0.2, 0) is 6.54 Å².